The van der Waals surface area contributed by atoms with E-state index >= 15 is 0 Å². The lowest BCUT2D eigenvalue weighted by atomic mass is 10.2. The van der Waals surface area contributed by atoms with E-state index in [1.165, 1.54) is 11.3 Å². The van der Waals surface area contributed by atoms with Gasteiger partial charge in [-0.25, -0.2) is 9.78 Å². The van der Waals surface area contributed by atoms with Crippen molar-refractivity contribution >= 4 is 44.9 Å². The highest BCUT2D eigenvalue weighted by atomic mass is 35.5. The summed E-state index contributed by atoms with van der Waals surface area (Å²) in [5, 5.41) is 4.49. The summed E-state index contributed by atoms with van der Waals surface area (Å²) in [6, 6.07) is 0. The van der Waals surface area contributed by atoms with Gasteiger partial charge in [0.15, 0.2) is 0 Å². The molecular formula is C15H19ClN4O2S. The number of halogens is 1. The number of esters is 1. The molecule has 0 radical (unpaired) electrons. The molecule has 3 rings (SSSR count). The summed E-state index contributed by atoms with van der Waals surface area (Å²) in [7, 11) is 0. The summed E-state index contributed by atoms with van der Waals surface area (Å²) in [5.74, 6) is 0.501. The summed E-state index contributed by atoms with van der Waals surface area (Å²) < 4.78 is 5.14. The van der Waals surface area contributed by atoms with Gasteiger partial charge in [-0.3, -0.25) is 0 Å². The third-order valence-corrected chi connectivity index (χ3v) is 5.18. The summed E-state index contributed by atoms with van der Waals surface area (Å²) in [4.78, 5) is 24.4. The van der Waals surface area contributed by atoms with Crippen molar-refractivity contribution in [3.63, 3.8) is 0 Å². The quantitative estimate of drug-likeness (QED) is 0.675. The normalized spacial score (nSPS) is 15.7. The number of anilines is 1. The maximum atomic E-state index is 12.1. The van der Waals surface area contributed by atoms with Crippen molar-refractivity contribution in [1.29, 1.82) is 0 Å². The van der Waals surface area contributed by atoms with Gasteiger partial charge in [-0.2, -0.15) is 4.98 Å². The molecule has 1 fully saturated rings. The van der Waals surface area contributed by atoms with Crippen LogP contribution in [0.5, 0.6) is 0 Å². The second kappa shape index (κ2) is 6.98. The Morgan fingerprint density at radius 3 is 3.00 bits per heavy atom. The molecule has 0 saturated carbocycles. The topological polar surface area (TPSA) is 67.3 Å². The van der Waals surface area contributed by atoms with Crippen molar-refractivity contribution < 1.29 is 9.53 Å². The zero-order chi connectivity index (χ0) is 16.4. The number of carbonyl (C=O) groups excluding carboxylic acids is 1. The van der Waals surface area contributed by atoms with E-state index in [9.17, 15) is 4.79 Å². The number of rotatable bonds is 3. The Balaban J connectivity index is 2.11. The molecule has 1 N–H and O–H groups in total. The first-order valence-electron chi connectivity index (χ1n) is 7.71. The predicted octanol–water partition coefficient (Wildman–Crippen LogP) is 2.63. The van der Waals surface area contributed by atoms with Crippen molar-refractivity contribution in [2.75, 3.05) is 37.7 Å². The second-order valence-corrected chi connectivity index (χ2v) is 6.70. The molecular weight excluding hydrogens is 336 g/mol. The number of hydrogen-bond acceptors (Lipinski definition) is 7. The van der Waals surface area contributed by atoms with Crippen LogP contribution in [0.3, 0.4) is 0 Å². The molecule has 0 aromatic carbocycles. The molecule has 0 unspecified atom stereocenters. The lowest BCUT2D eigenvalue weighted by Gasteiger charge is -2.22. The minimum absolute atomic E-state index is 0.210. The molecule has 2 aromatic heterocycles. The Morgan fingerprint density at radius 1 is 1.39 bits per heavy atom. The van der Waals surface area contributed by atoms with Crippen LogP contribution in [0.15, 0.2) is 0 Å². The Kier molecular flexibility index (Phi) is 4.99. The summed E-state index contributed by atoms with van der Waals surface area (Å²) in [5.41, 5.74) is 0.868. The number of nitrogens with one attached hydrogen (secondary N) is 1. The lowest BCUT2D eigenvalue weighted by molar-refractivity contribution is 0.0531. The monoisotopic (exact) mass is 354 g/mol. The van der Waals surface area contributed by atoms with Gasteiger partial charge in [-0.1, -0.05) is 0 Å². The van der Waals surface area contributed by atoms with E-state index in [1.54, 1.807) is 6.92 Å². The molecule has 0 aliphatic carbocycles. The van der Waals surface area contributed by atoms with Crippen molar-refractivity contribution in [2.45, 2.75) is 20.3 Å². The van der Waals surface area contributed by atoms with E-state index in [1.807, 2.05) is 6.92 Å². The van der Waals surface area contributed by atoms with Crippen LogP contribution in [-0.4, -0.2) is 48.7 Å². The fourth-order valence-electron chi connectivity index (χ4n) is 2.77. The Bertz CT molecular complexity index is 726. The lowest BCUT2D eigenvalue weighted by Crippen LogP contribution is -2.29. The molecule has 0 spiro atoms. The second-order valence-electron chi connectivity index (χ2n) is 5.36. The van der Waals surface area contributed by atoms with Gasteiger partial charge in [0.25, 0.3) is 0 Å². The fourth-order valence-corrected chi connectivity index (χ4v) is 4.05. The summed E-state index contributed by atoms with van der Waals surface area (Å²) in [6.45, 7) is 7.72. The number of aromatic nitrogens is 2. The number of fused-ring (bicyclic) bond motifs is 1. The molecule has 1 saturated heterocycles. The average Bonchev–Trinajstić information content (AvgIpc) is 2.71. The van der Waals surface area contributed by atoms with Crippen LogP contribution in [-0.2, 0) is 4.74 Å². The third kappa shape index (κ3) is 3.27. The first-order chi connectivity index (χ1) is 11.1. The molecule has 124 valence electrons. The average molecular weight is 355 g/mol. The smallest absolute Gasteiger partial charge is 0.348 e. The van der Waals surface area contributed by atoms with Crippen LogP contribution in [0.1, 0.15) is 28.6 Å². The van der Waals surface area contributed by atoms with E-state index in [0.717, 1.165) is 54.2 Å². The first kappa shape index (κ1) is 16.4. The molecule has 1 aliphatic heterocycles. The molecule has 8 heteroatoms. The van der Waals surface area contributed by atoms with Crippen molar-refractivity contribution in [2.24, 2.45) is 0 Å². The number of carbonyl (C=O) groups is 1. The van der Waals surface area contributed by atoms with Gasteiger partial charge in [0, 0.05) is 19.6 Å². The third-order valence-electron chi connectivity index (χ3n) is 3.84. The first-order valence-corrected chi connectivity index (χ1v) is 8.90. The van der Waals surface area contributed by atoms with E-state index in [-0.39, 0.29) is 11.3 Å². The Morgan fingerprint density at radius 2 is 2.22 bits per heavy atom. The van der Waals surface area contributed by atoms with Crippen LogP contribution < -0.4 is 10.2 Å². The maximum absolute atomic E-state index is 12.1. The van der Waals surface area contributed by atoms with Crippen LogP contribution >= 0.6 is 22.9 Å². The Labute approximate surface area is 143 Å². The van der Waals surface area contributed by atoms with Crippen LogP contribution in [0.4, 0.5) is 5.82 Å². The van der Waals surface area contributed by atoms with Gasteiger partial charge >= 0.3 is 5.97 Å². The highest BCUT2D eigenvalue weighted by Crippen LogP contribution is 2.36. The van der Waals surface area contributed by atoms with Gasteiger partial charge in [-0.15, -0.1) is 11.3 Å². The Hall–Kier alpha value is -1.44. The fraction of sp³-hybridized carbons (Fsp3) is 0.533. The number of nitrogens with zero attached hydrogens (tertiary/aromatic N) is 3. The molecule has 3 heterocycles. The molecule has 0 atom stereocenters. The van der Waals surface area contributed by atoms with E-state index in [2.05, 4.69) is 20.2 Å². The minimum Gasteiger partial charge on any atom is -0.462 e. The molecule has 2 aromatic rings. The van der Waals surface area contributed by atoms with Crippen LogP contribution in [0.2, 0.25) is 5.28 Å². The van der Waals surface area contributed by atoms with Crippen molar-refractivity contribution in [3.05, 3.63) is 15.7 Å². The summed E-state index contributed by atoms with van der Waals surface area (Å²) in [6.07, 6.45) is 1.04. The van der Waals surface area contributed by atoms with E-state index in [0.29, 0.717) is 11.5 Å². The van der Waals surface area contributed by atoms with Gasteiger partial charge in [0.05, 0.1) is 12.0 Å². The number of ether oxygens (including phenoxy) is 1. The zero-order valence-corrected chi connectivity index (χ0v) is 14.8. The largest absolute Gasteiger partial charge is 0.462 e. The van der Waals surface area contributed by atoms with Gasteiger partial charge in [0.2, 0.25) is 5.28 Å². The van der Waals surface area contributed by atoms with Crippen molar-refractivity contribution in [3.8, 4) is 0 Å². The number of thiophene rings is 1. The predicted molar refractivity (Wildman–Crippen MR) is 92.8 cm³/mol. The molecule has 0 bridgehead atoms. The highest BCUT2D eigenvalue weighted by molar-refractivity contribution is 7.20. The zero-order valence-electron chi connectivity index (χ0n) is 13.2. The number of hydrogen-bond donors (Lipinski definition) is 1. The van der Waals surface area contributed by atoms with Crippen LogP contribution in [0, 0.1) is 6.92 Å². The van der Waals surface area contributed by atoms with Crippen LogP contribution in [0.25, 0.3) is 10.2 Å². The number of aryl methyl sites for hydroxylation is 1. The van der Waals surface area contributed by atoms with Gasteiger partial charge in [-0.05, 0) is 44.0 Å². The van der Waals surface area contributed by atoms with Crippen molar-refractivity contribution in [1.82, 2.24) is 15.3 Å². The van der Waals surface area contributed by atoms with Gasteiger partial charge in [0.1, 0.15) is 15.5 Å². The highest BCUT2D eigenvalue weighted by Gasteiger charge is 2.24. The maximum Gasteiger partial charge on any atom is 0.348 e. The minimum atomic E-state index is -0.312. The molecule has 1 aliphatic rings. The standard InChI is InChI=1S/C15H19ClN4O2S/c1-3-22-14(21)11-9(2)10-12(18-15(16)19-13(10)23-11)20-7-4-5-17-6-8-20/h17H,3-8H2,1-2H3. The molecule has 0 amide bonds. The summed E-state index contributed by atoms with van der Waals surface area (Å²) >= 11 is 7.43. The van der Waals surface area contributed by atoms with E-state index in [4.69, 9.17) is 16.3 Å². The molecule has 23 heavy (non-hydrogen) atoms. The van der Waals surface area contributed by atoms with Gasteiger partial charge < -0.3 is 15.0 Å². The SMILES string of the molecule is CCOC(=O)c1sc2nc(Cl)nc(N3CCCNCC3)c2c1C. The van der Waals surface area contributed by atoms with E-state index < -0.39 is 0 Å². The molecule has 6 nitrogen and oxygen atoms in total.